The van der Waals surface area contributed by atoms with Crippen LogP contribution in [0.15, 0.2) is 26.8 Å². The molecule has 1 unspecified atom stereocenters. The van der Waals surface area contributed by atoms with Gasteiger partial charge in [0.15, 0.2) is 0 Å². The molecule has 0 spiro atoms. The van der Waals surface area contributed by atoms with Gasteiger partial charge in [-0.15, -0.1) is 11.3 Å². The van der Waals surface area contributed by atoms with Crippen molar-refractivity contribution in [2.75, 3.05) is 6.54 Å². The fraction of sp³-hybridized carbons (Fsp3) is 0.300. The Morgan fingerprint density at radius 3 is 2.88 bits per heavy atom. The van der Waals surface area contributed by atoms with Gasteiger partial charge in [-0.05, 0) is 18.4 Å². The second kappa shape index (κ2) is 4.54. The molecule has 0 aromatic carbocycles. The van der Waals surface area contributed by atoms with Crippen molar-refractivity contribution < 1.29 is 9.45 Å². The first-order valence-electron chi connectivity index (χ1n) is 4.92. The van der Waals surface area contributed by atoms with E-state index in [0.717, 1.165) is 4.88 Å². The quantitative estimate of drug-likeness (QED) is 0.664. The fourth-order valence-corrected chi connectivity index (χ4v) is 2.58. The molecule has 0 radical (unpaired) electrons. The smallest absolute Gasteiger partial charge is 0.339 e. The monoisotopic (exact) mass is 254 g/mol. The number of H-pyrrole nitrogens is 1. The summed E-state index contributed by atoms with van der Waals surface area (Å²) in [7, 11) is 0. The molecule has 0 aliphatic carbocycles. The summed E-state index contributed by atoms with van der Waals surface area (Å²) in [5, 5.41) is 15.0. The molecule has 1 atom stereocenters. The molecular weight excluding hydrogens is 244 g/mol. The Morgan fingerprint density at radius 1 is 1.65 bits per heavy atom. The molecule has 7 heteroatoms. The van der Waals surface area contributed by atoms with E-state index in [1.165, 1.54) is 11.3 Å². The largest absolute Gasteiger partial charge is 0.361 e. The van der Waals surface area contributed by atoms with Crippen LogP contribution in [0.1, 0.15) is 22.1 Å². The van der Waals surface area contributed by atoms with E-state index >= 15 is 0 Å². The van der Waals surface area contributed by atoms with Crippen molar-refractivity contribution in [1.29, 1.82) is 0 Å². The lowest BCUT2D eigenvalue weighted by molar-refractivity contribution is -0.481. The number of rotatable bonds is 4. The molecular formula is C10H10N2O4S. The maximum atomic E-state index is 11.5. The van der Waals surface area contributed by atoms with Crippen LogP contribution in [0.25, 0.3) is 0 Å². The summed E-state index contributed by atoms with van der Waals surface area (Å²) in [6.45, 7) is 1.35. The van der Waals surface area contributed by atoms with Crippen molar-refractivity contribution in [2.45, 2.75) is 12.8 Å². The third-order valence-corrected chi connectivity index (χ3v) is 3.47. The highest BCUT2D eigenvalue weighted by Gasteiger charge is 2.27. The van der Waals surface area contributed by atoms with Gasteiger partial charge in [0.1, 0.15) is 0 Å². The molecule has 0 bridgehead atoms. The van der Waals surface area contributed by atoms with E-state index in [9.17, 15) is 14.9 Å². The van der Waals surface area contributed by atoms with Crippen LogP contribution in [-0.2, 0) is 0 Å². The minimum atomic E-state index is -0.549. The molecule has 17 heavy (non-hydrogen) atoms. The van der Waals surface area contributed by atoms with Crippen molar-refractivity contribution in [1.82, 2.24) is 5.16 Å². The molecule has 2 heterocycles. The Bertz CT molecular complexity index is 569. The van der Waals surface area contributed by atoms with Crippen LogP contribution in [0, 0.1) is 17.0 Å². The first-order valence-corrected chi connectivity index (χ1v) is 5.80. The highest BCUT2D eigenvalue weighted by molar-refractivity contribution is 7.10. The number of nitrogens with one attached hydrogen (secondary N) is 1. The highest BCUT2D eigenvalue weighted by atomic mass is 32.1. The molecule has 0 saturated heterocycles. The van der Waals surface area contributed by atoms with Gasteiger partial charge in [0.2, 0.25) is 6.54 Å². The number of aromatic nitrogens is 1. The predicted molar refractivity (Wildman–Crippen MR) is 62.1 cm³/mol. The molecule has 0 amide bonds. The van der Waals surface area contributed by atoms with Crippen LogP contribution in [0.4, 0.5) is 0 Å². The van der Waals surface area contributed by atoms with E-state index in [1.807, 2.05) is 5.38 Å². The molecule has 6 nitrogen and oxygen atoms in total. The van der Waals surface area contributed by atoms with Crippen molar-refractivity contribution in [3.63, 3.8) is 0 Å². The maximum absolute atomic E-state index is 11.5. The number of thiophene rings is 1. The summed E-state index contributed by atoms with van der Waals surface area (Å²) < 4.78 is 4.66. The van der Waals surface area contributed by atoms with E-state index < -0.39 is 16.5 Å². The Kier molecular flexibility index (Phi) is 3.10. The topological polar surface area (TPSA) is 89.1 Å². The maximum Gasteiger partial charge on any atom is 0.361 e. The molecule has 2 aromatic rings. The van der Waals surface area contributed by atoms with Crippen molar-refractivity contribution in [3.05, 3.63) is 54.2 Å². The van der Waals surface area contributed by atoms with Crippen LogP contribution >= 0.6 is 11.3 Å². The Hall–Kier alpha value is -1.89. The number of nitrogens with zero attached hydrogens (tertiary/aromatic N) is 1. The van der Waals surface area contributed by atoms with E-state index in [2.05, 4.69) is 9.68 Å². The van der Waals surface area contributed by atoms with Crippen LogP contribution in [0.2, 0.25) is 0 Å². The molecule has 2 rings (SSSR count). The number of hydrogen-bond acceptors (Lipinski definition) is 5. The van der Waals surface area contributed by atoms with Crippen LogP contribution in [0.5, 0.6) is 0 Å². The van der Waals surface area contributed by atoms with Gasteiger partial charge in [0, 0.05) is 9.80 Å². The Balaban J connectivity index is 2.48. The molecule has 0 fully saturated rings. The molecule has 90 valence electrons. The minimum absolute atomic E-state index is 0.316. The van der Waals surface area contributed by atoms with Crippen LogP contribution in [0.3, 0.4) is 0 Å². The zero-order chi connectivity index (χ0) is 12.4. The fourth-order valence-electron chi connectivity index (χ4n) is 1.75. The zero-order valence-electron chi connectivity index (χ0n) is 9.00. The first-order chi connectivity index (χ1) is 8.09. The van der Waals surface area contributed by atoms with Crippen LogP contribution < -0.4 is 5.63 Å². The van der Waals surface area contributed by atoms with Gasteiger partial charge in [-0.2, -0.15) is 0 Å². The normalized spacial score (nSPS) is 12.5. The van der Waals surface area contributed by atoms with E-state index in [0.29, 0.717) is 11.3 Å². The van der Waals surface area contributed by atoms with Gasteiger partial charge in [-0.25, -0.2) is 9.95 Å². The lowest BCUT2D eigenvalue weighted by atomic mass is 9.98. The number of aromatic amines is 1. The van der Waals surface area contributed by atoms with Gasteiger partial charge in [-0.3, -0.25) is 10.1 Å². The molecule has 2 aromatic heterocycles. The summed E-state index contributed by atoms with van der Waals surface area (Å²) in [6.07, 6.45) is 0. The highest BCUT2D eigenvalue weighted by Crippen LogP contribution is 2.28. The second-order valence-electron chi connectivity index (χ2n) is 3.61. The zero-order valence-corrected chi connectivity index (χ0v) is 9.82. The summed E-state index contributed by atoms with van der Waals surface area (Å²) in [6, 6.07) is 3.58. The Labute approximate surface area is 100 Å². The average Bonchev–Trinajstić information content (AvgIpc) is 2.86. The lowest BCUT2D eigenvalue weighted by Crippen LogP contribution is -2.18. The summed E-state index contributed by atoms with van der Waals surface area (Å²) in [5.74, 6) is -0.549. The van der Waals surface area contributed by atoms with Gasteiger partial charge in [-0.1, -0.05) is 6.07 Å². The van der Waals surface area contributed by atoms with E-state index in [4.69, 9.17) is 0 Å². The predicted octanol–water partition coefficient (Wildman–Crippen LogP) is 1.75. The Morgan fingerprint density at radius 2 is 2.41 bits per heavy atom. The van der Waals surface area contributed by atoms with E-state index in [-0.39, 0.29) is 6.54 Å². The third kappa shape index (κ3) is 2.28. The van der Waals surface area contributed by atoms with Crippen LogP contribution in [-0.4, -0.2) is 16.6 Å². The molecule has 0 aliphatic rings. The molecule has 0 aliphatic heterocycles. The van der Waals surface area contributed by atoms with Crippen molar-refractivity contribution in [2.24, 2.45) is 0 Å². The number of aryl methyl sites for hydroxylation is 1. The standard InChI is InChI=1S/C10H10N2O4S/c1-6-9(10(13)16-11-6)7(5-12(14)15)8-3-2-4-17-8/h2-4,7,11H,5H2,1H3. The van der Waals surface area contributed by atoms with Gasteiger partial charge < -0.3 is 4.52 Å². The molecule has 0 saturated carbocycles. The van der Waals surface area contributed by atoms with Gasteiger partial charge in [0.05, 0.1) is 17.2 Å². The van der Waals surface area contributed by atoms with E-state index in [1.54, 1.807) is 19.1 Å². The van der Waals surface area contributed by atoms with Crippen molar-refractivity contribution >= 4 is 11.3 Å². The third-order valence-electron chi connectivity index (χ3n) is 2.49. The second-order valence-corrected chi connectivity index (χ2v) is 4.59. The number of nitro groups is 1. The summed E-state index contributed by atoms with van der Waals surface area (Å²) in [5.41, 5.74) is 0.335. The summed E-state index contributed by atoms with van der Waals surface area (Å²) in [4.78, 5) is 22.6. The lowest BCUT2D eigenvalue weighted by Gasteiger charge is -2.08. The SMILES string of the molecule is Cc1[nH]oc(=O)c1C(C[N+](=O)[O-])c1cccs1. The van der Waals surface area contributed by atoms with Crippen molar-refractivity contribution in [3.8, 4) is 0 Å². The molecule has 1 N–H and O–H groups in total. The summed E-state index contributed by atoms with van der Waals surface area (Å²) >= 11 is 1.39. The average molecular weight is 254 g/mol. The number of hydrogen-bond donors (Lipinski definition) is 1. The first kappa shape index (κ1) is 11.6. The minimum Gasteiger partial charge on any atom is -0.339 e. The van der Waals surface area contributed by atoms with Gasteiger partial charge >= 0.3 is 5.63 Å². The van der Waals surface area contributed by atoms with Gasteiger partial charge in [0.25, 0.3) is 0 Å².